The maximum Gasteiger partial charge on any atom is 0.406 e. The predicted octanol–water partition coefficient (Wildman–Crippen LogP) is 1.46. The van der Waals surface area contributed by atoms with E-state index in [4.69, 9.17) is 41.5 Å². The van der Waals surface area contributed by atoms with E-state index in [1.165, 1.54) is 7.11 Å². The molecule has 16 heteroatoms. The van der Waals surface area contributed by atoms with Gasteiger partial charge in [0.05, 0.1) is 19.8 Å². The average molecular weight is 675 g/mol. The van der Waals surface area contributed by atoms with Crippen molar-refractivity contribution in [1.82, 2.24) is 20.9 Å². The van der Waals surface area contributed by atoms with Gasteiger partial charge in [-0.05, 0) is 62.8 Å². The van der Waals surface area contributed by atoms with E-state index < -0.39 is 30.2 Å². The number of carboxylic acid groups (broad SMARTS) is 2. The Balaban J connectivity index is 0.000000634. The number of likely N-dealkylation sites (N-methyl/N-ethyl adjacent to an activating group) is 1. The van der Waals surface area contributed by atoms with E-state index in [1.807, 2.05) is 36.2 Å². The summed E-state index contributed by atoms with van der Waals surface area (Å²) in [4.78, 5) is 46.1. The minimum absolute atomic E-state index is 0.0334. The molecule has 2 saturated heterocycles. The molecule has 0 aromatic heterocycles. The number of carbonyl (C=O) groups is 4. The number of nitrogens with one attached hydrogen (secondary N) is 3. The van der Waals surface area contributed by atoms with Crippen LogP contribution in [0.15, 0.2) is 24.3 Å². The summed E-state index contributed by atoms with van der Waals surface area (Å²) in [5, 5.41) is 42.3. The van der Waals surface area contributed by atoms with E-state index in [0.29, 0.717) is 37.2 Å². The van der Waals surface area contributed by atoms with Crippen molar-refractivity contribution in [1.29, 1.82) is 0 Å². The standard InChI is InChI=1S/C26H41ClN4O5.C4H6O6/c1-28-16-23(14-19-6-5-12-35-18-19)30-25(32)31-11-4-8-21(17-31)24(20-7-3-9-22(27)15-20)36-13-10-29-26(33)34-2;5-1(3(7)8)2(6)4(9)10/h3,7,9,15,19,21,23-24,28H,4-6,8,10-14,16-18H2,1-2H3,(H,29,33)(H,30,32);1-2,5-6H,(H,7,8)(H,9,10)/t19-,21-,23+,24+;/m1./s1. The molecule has 260 valence electrons. The highest BCUT2D eigenvalue weighted by atomic mass is 35.5. The van der Waals surface area contributed by atoms with E-state index >= 15 is 0 Å². The maximum atomic E-state index is 13.3. The van der Waals surface area contributed by atoms with Crippen LogP contribution < -0.4 is 16.0 Å². The molecule has 3 amide bonds. The highest BCUT2D eigenvalue weighted by molar-refractivity contribution is 6.30. The number of methoxy groups -OCH3 is 1. The molecule has 0 aliphatic carbocycles. The van der Waals surface area contributed by atoms with E-state index in [0.717, 1.165) is 57.4 Å². The molecule has 7 N–H and O–H groups in total. The molecular formula is C30H47ClN4O11. The van der Waals surface area contributed by atoms with Crippen LogP contribution in [-0.4, -0.2) is 128 Å². The lowest BCUT2D eigenvalue weighted by molar-refractivity contribution is -0.165. The molecule has 0 saturated carbocycles. The molecular weight excluding hydrogens is 628 g/mol. The largest absolute Gasteiger partial charge is 0.479 e. The maximum absolute atomic E-state index is 13.3. The monoisotopic (exact) mass is 674 g/mol. The molecule has 6 atom stereocenters. The van der Waals surface area contributed by atoms with Crippen molar-refractivity contribution in [2.24, 2.45) is 11.8 Å². The molecule has 2 fully saturated rings. The van der Waals surface area contributed by atoms with Gasteiger partial charge in [0.1, 0.15) is 0 Å². The number of hydrogen-bond acceptors (Lipinski definition) is 10. The van der Waals surface area contributed by atoms with Crippen molar-refractivity contribution >= 4 is 35.7 Å². The van der Waals surface area contributed by atoms with E-state index in [-0.39, 0.29) is 24.1 Å². The Kier molecular flexibility index (Phi) is 17.6. The first-order valence-corrected chi connectivity index (χ1v) is 15.6. The second-order valence-electron chi connectivity index (χ2n) is 11.2. The predicted molar refractivity (Wildman–Crippen MR) is 167 cm³/mol. The van der Waals surface area contributed by atoms with Gasteiger partial charge in [-0.3, -0.25) is 0 Å². The van der Waals surface area contributed by atoms with Crippen LogP contribution in [0.4, 0.5) is 9.59 Å². The minimum atomic E-state index is -2.27. The van der Waals surface area contributed by atoms with Gasteiger partial charge in [-0.25, -0.2) is 19.2 Å². The zero-order valence-corrected chi connectivity index (χ0v) is 27.0. The Labute approximate surface area is 273 Å². The number of rotatable bonds is 14. The number of benzene rings is 1. The highest BCUT2D eigenvalue weighted by Gasteiger charge is 2.32. The summed E-state index contributed by atoms with van der Waals surface area (Å²) in [5.41, 5.74) is 0.971. The number of halogens is 1. The SMILES string of the molecule is CNC[C@H](C[C@H]1CCCOC1)NC(=O)N1CCC[C@@H]([C@@H](OCCNC(=O)OC)c2cccc(Cl)c2)C1.O=C(O)C(O)C(O)C(=O)O. The molecule has 2 unspecified atom stereocenters. The molecule has 2 aliphatic rings. The van der Waals surface area contributed by atoms with Gasteiger partial charge >= 0.3 is 24.1 Å². The molecule has 15 nitrogen and oxygen atoms in total. The Morgan fingerprint density at radius 3 is 2.41 bits per heavy atom. The van der Waals surface area contributed by atoms with Crippen LogP contribution in [0.1, 0.15) is 43.8 Å². The third kappa shape index (κ3) is 13.6. The number of hydrogen-bond donors (Lipinski definition) is 7. The summed E-state index contributed by atoms with van der Waals surface area (Å²) in [6.45, 7) is 4.29. The number of aliphatic hydroxyl groups is 2. The number of likely N-dealkylation sites (tertiary alicyclic amines) is 1. The van der Waals surface area contributed by atoms with Gasteiger partial charge in [-0.15, -0.1) is 0 Å². The van der Waals surface area contributed by atoms with E-state index in [1.54, 1.807) is 0 Å². The Morgan fingerprint density at radius 2 is 1.83 bits per heavy atom. The number of piperidine rings is 1. The lowest BCUT2D eigenvalue weighted by atomic mass is 9.88. The van der Waals surface area contributed by atoms with Crippen molar-refractivity contribution in [2.45, 2.75) is 56.5 Å². The average Bonchev–Trinajstić information content (AvgIpc) is 3.04. The van der Waals surface area contributed by atoms with E-state index in [9.17, 15) is 19.2 Å². The van der Waals surface area contributed by atoms with Crippen molar-refractivity contribution in [2.75, 3.05) is 60.2 Å². The molecule has 46 heavy (non-hydrogen) atoms. The smallest absolute Gasteiger partial charge is 0.406 e. The van der Waals surface area contributed by atoms with Gasteiger partial charge in [0.15, 0.2) is 12.2 Å². The lowest BCUT2D eigenvalue weighted by Gasteiger charge is -2.38. The number of nitrogens with zero attached hydrogens (tertiary/aromatic N) is 1. The summed E-state index contributed by atoms with van der Waals surface area (Å²) in [6, 6.07) is 7.67. The summed E-state index contributed by atoms with van der Waals surface area (Å²) >= 11 is 6.28. The van der Waals surface area contributed by atoms with Crippen molar-refractivity contribution in [3.05, 3.63) is 34.9 Å². The fourth-order valence-corrected chi connectivity index (χ4v) is 5.61. The zero-order chi connectivity index (χ0) is 34.1. The van der Waals surface area contributed by atoms with Crippen LogP contribution >= 0.6 is 11.6 Å². The molecule has 2 heterocycles. The van der Waals surface area contributed by atoms with E-state index in [2.05, 4.69) is 20.7 Å². The number of aliphatic carboxylic acids is 2. The van der Waals surface area contributed by atoms with Crippen LogP contribution in [0.5, 0.6) is 0 Å². The Bertz CT molecular complexity index is 1090. The quantitative estimate of drug-likeness (QED) is 0.140. The molecule has 1 aromatic rings. The first kappa shape index (κ1) is 39.0. The van der Waals surface area contributed by atoms with Crippen molar-refractivity contribution in [3.8, 4) is 0 Å². The van der Waals surface area contributed by atoms with Gasteiger partial charge in [-0.1, -0.05) is 23.7 Å². The van der Waals surface area contributed by atoms with Gasteiger partial charge in [0.25, 0.3) is 0 Å². The molecule has 3 rings (SSSR count). The topological polar surface area (TPSA) is 216 Å². The molecule has 0 radical (unpaired) electrons. The Hall–Kier alpha value is -3.21. The zero-order valence-electron chi connectivity index (χ0n) is 26.2. The number of ether oxygens (including phenoxy) is 3. The number of alkyl carbamates (subject to hydrolysis) is 1. The summed E-state index contributed by atoms with van der Waals surface area (Å²) in [5.74, 6) is -2.95. The lowest BCUT2D eigenvalue weighted by Crippen LogP contribution is -2.52. The Morgan fingerprint density at radius 1 is 1.11 bits per heavy atom. The number of urea groups is 1. The van der Waals surface area contributed by atoms with Crippen LogP contribution in [0.3, 0.4) is 0 Å². The molecule has 0 bridgehead atoms. The molecule has 0 spiro atoms. The van der Waals surface area contributed by atoms with Crippen LogP contribution in [-0.2, 0) is 23.8 Å². The number of amides is 3. The minimum Gasteiger partial charge on any atom is -0.479 e. The van der Waals surface area contributed by atoms with Gasteiger partial charge < -0.3 is 55.5 Å². The summed E-state index contributed by atoms with van der Waals surface area (Å²) < 4.78 is 16.5. The molecule has 1 aromatic carbocycles. The van der Waals surface area contributed by atoms with Crippen LogP contribution in [0.2, 0.25) is 5.02 Å². The number of carboxylic acids is 2. The van der Waals surface area contributed by atoms with Gasteiger partial charge in [0, 0.05) is 56.4 Å². The summed E-state index contributed by atoms with van der Waals surface area (Å²) in [7, 11) is 3.24. The fourth-order valence-electron chi connectivity index (χ4n) is 5.41. The van der Waals surface area contributed by atoms with Crippen molar-refractivity contribution in [3.63, 3.8) is 0 Å². The fraction of sp³-hybridized carbons (Fsp3) is 0.667. The first-order valence-electron chi connectivity index (χ1n) is 15.2. The second-order valence-corrected chi connectivity index (χ2v) is 11.6. The first-order chi connectivity index (χ1) is 22.0. The molecule has 2 aliphatic heterocycles. The highest BCUT2D eigenvalue weighted by Crippen LogP contribution is 2.34. The van der Waals surface area contributed by atoms with Crippen LogP contribution in [0, 0.1) is 11.8 Å². The summed E-state index contributed by atoms with van der Waals surface area (Å²) in [6.07, 6.45) is -0.303. The van der Waals surface area contributed by atoms with Gasteiger partial charge in [-0.2, -0.15) is 0 Å². The van der Waals surface area contributed by atoms with Gasteiger partial charge in [0.2, 0.25) is 0 Å². The number of aliphatic hydroxyl groups excluding tert-OH is 2. The van der Waals surface area contributed by atoms with Crippen molar-refractivity contribution < 1.29 is 53.8 Å². The third-order valence-corrected chi connectivity index (χ3v) is 7.90. The van der Waals surface area contributed by atoms with Crippen LogP contribution in [0.25, 0.3) is 0 Å². The normalized spacial score (nSPS) is 20.6. The number of carbonyl (C=O) groups excluding carboxylic acids is 2. The third-order valence-electron chi connectivity index (χ3n) is 7.66. The second kappa shape index (κ2) is 20.8.